The van der Waals surface area contributed by atoms with Crippen molar-refractivity contribution in [2.45, 2.75) is 23.8 Å². The maximum absolute atomic E-state index is 13.0. The summed E-state index contributed by atoms with van der Waals surface area (Å²) in [6, 6.07) is 22.1. The van der Waals surface area contributed by atoms with Crippen LogP contribution in [0.3, 0.4) is 0 Å². The highest BCUT2D eigenvalue weighted by molar-refractivity contribution is 7.97. The van der Waals surface area contributed by atoms with Crippen LogP contribution in [0, 0.1) is 0 Å². The van der Waals surface area contributed by atoms with Gasteiger partial charge in [-0.25, -0.2) is 13.9 Å². The second-order valence-corrected chi connectivity index (χ2v) is 10.8. The molecule has 7 nitrogen and oxygen atoms in total. The lowest BCUT2D eigenvalue weighted by atomic mass is 10.1. The van der Waals surface area contributed by atoms with E-state index >= 15 is 0 Å². The predicted molar refractivity (Wildman–Crippen MR) is 149 cm³/mol. The number of nitrogens with one attached hydrogen (secondary N) is 1. The van der Waals surface area contributed by atoms with Crippen LogP contribution in [-0.4, -0.2) is 60.2 Å². The fraction of sp³-hybridized carbons (Fsp3) is 0.286. The van der Waals surface area contributed by atoms with Gasteiger partial charge in [0, 0.05) is 60.4 Å². The van der Waals surface area contributed by atoms with E-state index in [2.05, 4.69) is 26.7 Å². The summed E-state index contributed by atoms with van der Waals surface area (Å²) in [5.41, 5.74) is 3.97. The van der Waals surface area contributed by atoms with Crippen LogP contribution in [0.4, 0.5) is 16.2 Å². The van der Waals surface area contributed by atoms with Crippen LogP contribution in [0.5, 0.6) is 0 Å². The lowest BCUT2D eigenvalue weighted by molar-refractivity contribution is -0.139. The van der Waals surface area contributed by atoms with Crippen molar-refractivity contribution in [3.8, 4) is 0 Å². The second-order valence-electron chi connectivity index (χ2n) is 9.21. The number of halogens is 1. The Kier molecular flexibility index (Phi) is 7.88. The van der Waals surface area contributed by atoms with Gasteiger partial charge in [0.15, 0.2) is 0 Å². The molecular formula is C28H29ClN4O3S. The third-order valence-electron chi connectivity index (χ3n) is 6.72. The number of anilines is 2. The van der Waals surface area contributed by atoms with E-state index in [-0.39, 0.29) is 12.5 Å². The summed E-state index contributed by atoms with van der Waals surface area (Å²) in [4.78, 5) is 30.0. The second kappa shape index (κ2) is 11.5. The largest absolute Gasteiger partial charge is 0.480 e. The highest BCUT2D eigenvalue weighted by Gasteiger charge is 2.29. The molecule has 2 heterocycles. The van der Waals surface area contributed by atoms with Crippen LogP contribution in [-0.2, 0) is 17.6 Å². The molecule has 192 valence electrons. The first-order valence-corrected chi connectivity index (χ1v) is 13.5. The molecule has 1 fully saturated rings. The quantitative estimate of drug-likeness (QED) is 0.417. The van der Waals surface area contributed by atoms with Gasteiger partial charge in [0.2, 0.25) is 0 Å². The number of benzene rings is 3. The molecule has 9 heteroatoms. The molecule has 2 aliphatic heterocycles. The van der Waals surface area contributed by atoms with E-state index in [1.165, 1.54) is 0 Å². The minimum Gasteiger partial charge on any atom is -0.480 e. The summed E-state index contributed by atoms with van der Waals surface area (Å²) in [7, 11) is 0. The number of urea groups is 1. The number of carboxylic acids is 1. The summed E-state index contributed by atoms with van der Waals surface area (Å²) < 4.78 is 2.36. The number of carboxylic acid groups (broad SMARTS) is 1. The lowest BCUT2D eigenvalue weighted by Gasteiger charge is -2.35. The highest BCUT2D eigenvalue weighted by atomic mass is 35.5. The normalized spacial score (nSPS) is 16.4. The molecule has 1 atom stereocenters. The molecule has 5 rings (SSSR count). The summed E-state index contributed by atoms with van der Waals surface area (Å²) in [6.07, 6.45) is 0.985. The number of carbonyl (C=O) groups is 2. The average Bonchev–Trinajstić information content (AvgIpc) is 3.33. The molecule has 3 aromatic carbocycles. The van der Waals surface area contributed by atoms with E-state index in [1.807, 2.05) is 60.7 Å². The van der Waals surface area contributed by atoms with E-state index in [9.17, 15) is 14.7 Å². The van der Waals surface area contributed by atoms with E-state index in [0.29, 0.717) is 6.54 Å². The molecule has 3 aromatic rings. The molecule has 0 radical (unpaired) electrons. The number of carbonyl (C=O) groups excluding carboxylic acids is 1. The van der Waals surface area contributed by atoms with Crippen molar-refractivity contribution in [1.29, 1.82) is 0 Å². The van der Waals surface area contributed by atoms with Gasteiger partial charge in [-0.3, -0.25) is 4.90 Å². The number of amides is 2. The molecule has 0 saturated carbocycles. The smallest absolute Gasteiger partial charge is 0.326 e. The van der Waals surface area contributed by atoms with Crippen LogP contribution < -0.4 is 15.1 Å². The van der Waals surface area contributed by atoms with Gasteiger partial charge in [-0.05, 0) is 65.9 Å². The molecular weight excluding hydrogens is 508 g/mol. The van der Waals surface area contributed by atoms with Crippen LogP contribution in [0.1, 0.15) is 11.1 Å². The van der Waals surface area contributed by atoms with Crippen molar-refractivity contribution >= 4 is 46.9 Å². The number of piperazine rings is 1. The van der Waals surface area contributed by atoms with Gasteiger partial charge in [-0.2, -0.15) is 0 Å². The number of rotatable bonds is 7. The SMILES string of the molecule is O=C(O)C(Cc1ccccc1)NC(=O)N1CCc2cc(SN3CCN(c4cccc(Cl)c4)CC3)ccc21. The monoisotopic (exact) mass is 536 g/mol. The van der Waals surface area contributed by atoms with E-state index < -0.39 is 12.0 Å². The number of fused-ring (bicyclic) bond motifs is 1. The average molecular weight is 537 g/mol. The van der Waals surface area contributed by atoms with Gasteiger partial charge in [0.05, 0.1) is 0 Å². The molecule has 1 saturated heterocycles. The van der Waals surface area contributed by atoms with Gasteiger partial charge >= 0.3 is 12.0 Å². The molecule has 0 aromatic heterocycles. The fourth-order valence-electron chi connectivity index (χ4n) is 4.78. The minimum atomic E-state index is -1.04. The van der Waals surface area contributed by atoms with Gasteiger partial charge in [-0.15, -0.1) is 0 Å². The van der Waals surface area contributed by atoms with Crippen molar-refractivity contribution in [3.63, 3.8) is 0 Å². The van der Waals surface area contributed by atoms with Crippen LogP contribution >= 0.6 is 23.5 Å². The molecule has 1 unspecified atom stereocenters. The topological polar surface area (TPSA) is 76.1 Å². The molecule has 37 heavy (non-hydrogen) atoms. The Morgan fingerprint density at radius 2 is 1.73 bits per heavy atom. The Hall–Kier alpha value is -3.20. The van der Waals surface area contributed by atoms with Crippen molar-refractivity contribution in [3.05, 3.63) is 88.9 Å². The molecule has 0 spiro atoms. The zero-order valence-corrected chi connectivity index (χ0v) is 21.9. The van der Waals surface area contributed by atoms with Crippen molar-refractivity contribution in [1.82, 2.24) is 9.62 Å². The van der Waals surface area contributed by atoms with Gasteiger partial charge in [0.25, 0.3) is 0 Å². The summed E-state index contributed by atoms with van der Waals surface area (Å²) >= 11 is 7.89. The Morgan fingerprint density at radius 3 is 2.46 bits per heavy atom. The first-order chi connectivity index (χ1) is 18.0. The summed E-state index contributed by atoms with van der Waals surface area (Å²) in [6.45, 7) is 4.26. The molecule has 0 aliphatic carbocycles. The molecule has 2 aliphatic rings. The fourth-order valence-corrected chi connectivity index (χ4v) is 5.93. The van der Waals surface area contributed by atoms with Crippen molar-refractivity contribution in [2.75, 3.05) is 42.5 Å². The zero-order chi connectivity index (χ0) is 25.8. The van der Waals surface area contributed by atoms with Crippen LogP contribution in [0.2, 0.25) is 5.02 Å². The third kappa shape index (κ3) is 6.21. The predicted octanol–water partition coefficient (Wildman–Crippen LogP) is 4.94. The molecule has 2 amide bonds. The van der Waals surface area contributed by atoms with Gasteiger partial charge in [0.1, 0.15) is 6.04 Å². The maximum Gasteiger partial charge on any atom is 0.326 e. The Morgan fingerprint density at radius 1 is 0.946 bits per heavy atom. The minimum absolute atomic E-state index is 0.239. The van der Waals surface area contributed by atoms with Crippen LogP contribution in [0.25, 0.3) is 0 Å². The highest BCUT2D eigenvalue weighted by Crippen LogP contribution is 2.34. The standard InChI is InChI=1S/C28H29ClN4O3S/c29-22-7-4-8-23(19-22)31-13-15-32(16-14-31)37-24-9-10-26-21(18-24)11-12-33(26)28(36)30-25(27(34)35)17-20-5-2-1-3-6-20/h1-10,18-19,25H,11-17H2,(H,30,36)(H,34,35). The molecule has 2 N–H and O–H groups in total. The third-order valence-corrected chi connectivity index (χ3v) is 8.04. The number of hydrogen-bond acceptors (Lipinski definition) is 5. The summed E-state index contributed by atoms with van der Waals surface area (Å²) in [5, 5.41) is 13.1. The lowest BCUT2D eigenvalue weighted by Crippen LogP contribution is -2.48. The Labute approximate surface area is 226 Å². The van der Waals surface area contributed by atoms with Crippen molar-refractivity contribution < 1.29 is 14.7 Å². The zero-order valence-electron chi connectivity index (χ0n) is 20.3. The van der Waals surface area contributed by atoms with E-state index in [0.717, 1.165) is 65.0 Å². The maximum atomic E-state index is 13.0. The van der Waals surface area contributed by atoms with E-state index in [4.69, 9.17) is 11.6 Å². The molecule has 0 bridgehead atoms. The summed E-state index contributed by atoms with van der Waals surface area (Å²) in [5.74, 6) is -1.04. The number of hydrogen-bond donors (Lipinski definition) is 2. The van der Waals surface area contributed by atoms with Gasteiger partial charge < -0.3 is 15.3 Å². The Balaban J connectivity index is 1.18. The van der Waals surface area contributed by atoms with E-state index in [1.54, 1.807) is 16.8 Å². The number of nitrogens with zero attached hydrogens (tertiary/aromatic N) is 3. The van der Waals surface area contributed by atoms with Crippen molar-refractivity contribution in [2.24, 2.45) is 0 Å². The van der Waals surface area contributed by atoms with Crippen LogP contribution in [0.15, 0.2) is 77.7 Å². The number of aliphatic carboxylic acids is 1. The first-order valence-electron chi connectivity index (χ1n) is 12.4. The van der Waals surface area contributed by atoms with Gasteiger partial charge in [-0.1, -0.05) is 48.0 Å². The Bertz CT molecular complexity index is 1270. The first kappa shape index (κ1) is 25.4.